The largest absolute Gasteiger partial charge is 0.364 e. The summed E-state index contributed by atoms with van der Waals surface area (Å²) in [6, 6.07) is 11.4. The topological polar surface area (TPSA) is 78.7 Å². The van der Waals surface area contributed by atoms with Crippen LogP contribution in [0, 0.1) is 0 Å². The van der Waals surface area contributed by atoms with Gasteiger partial charge in [-0.3, -0.25) is 14.6 Å². The van der Waals surface area contributed by atoms with Crippen molar-refractivity contribution in [3.8, 4) is 0 Å². The second kappa shape index (κ2) is 5.76. The maximum atomic E-state index is 12.8. The number of urea groups is 1. The molecule has 1 aromatic heterocycles. The first-order chi connectivity index (χ1) is 11.7. The number of hydrogen-bond donors (Lipinski definition) is 1. The fourth-order valence-corrected chi connectivity index (χ4v) is 3.44. The molecule has 2 aliphatic heterocycles. The molecule has 3 heterocycles. The molecule has 124 valence electrons. The highest BCUT2D eigenvalue weighted by molar-refractivity contribution is 6.07. The van der Waals surface area contributed by atoms with Crippen molar-refractivity contribution in [2.75, 3.05) is 13.1 Å². The molecule has 0 saturated carbocycles. The van der Waals surface area contributed by atoms with Gasteiger partial charge in [-0.15, -0.1) is 0 Å². The van der Waals surface area contributed by atoms with E-state index < -0.39 is 5.54 Å². The number of rotatable bonds is 4. The second-order valence-electron chi connectivity index (χ2n) is 6.34. The van der Waals surface area contributed by atoms with Gasteiger partial charge in [0.05, 0.1) is 6.54 Å². The second-order valence-corrected chi connectivity index (χ2v) is 6.34. The summed E-state index contributed by atoms with van der Waals surface area (Å²) >= 11 is 0. The number of carbonyl (C=O) groups is 2. The van der Waals surface area contributed by atoms with Crippen LogP contribution in [-0.4, -0.2) is 45.5 Å². The van der Waals surface area contributed by atoms with Gasteiger partial charge < -0.3 is 9.84 Å². The molecular formula is C17H18N4O3. The van der Waals surface area contributed by atoms with Crippen LogP contribution in [0.1, 0.15) is 17.7 Å². The molecule has 1 unspecified atom stereocenters. The van der Waals surface area contributed by atoms with E-state index in [1.165, 1.54) is 16.7 Å². The van der Waals surface area contributed by atoms with Crippen LogP contribution in [0.4, 0.5) is 4.79 Å². The van der Waals surface area contributed by atoms with Gasteiger partial charge in [-0.05, 0) is 12.0 Å². The van der Waals surface area contributed by atoms with Crippen LogP contribution in [0.2, 0.25) is 0 Å². The zero-order valence-corrected chi connectivity index (χ0v) is 13.1. The number of aromatic nitrogens is 1. The summed E-state index contributed by atoms with van der Waals surface area (Å²) in [5.74, 6) is -0.175. The molecule has 2 fully saturated rings. The number of nitrogens with zero attached hydrogens (tertiary/aromatic N) is 3. The first kappa shape index (κ1) is 14.9. The smallest absolute Gasteiger partial charge is 0.325 e. The summed E-state index contributed by atoms with van der Waals surface area (Å²) in [5.41, 5.74) is 0.954. The lowest BCUT2D eigenvalue weighted by Crippen LogP contribution is -2.49. The number of carbonyl (C=O) groups excluding carboxylic acids is 2. The molecular weight excluding hydrogens is 308 g/mol. The van der Waals surface area contributed by atoms with Gasteiger partial charge in [0, 0.05) is 25.7 Å². The number of nitrogens with one attached hydrogen (secondary N) is 1. The number of amides is 3. The van der Waals surface area contributed by atoms with Gasteiger partial charge in [0.1, 0.15) is 17.5 Å². The zero-order valence-electron chi connectivity index (χ0n) is 13.1. The fraction of sp³-hybridized carbons (Fsp3) is 0.353. The monoisotopic (exact) mass is 326 g/mol. The summed E-state index contributed by atoms with van der Waals surface area (Å²) in [4.78, 5) is 28.5. The Morgan fingerprint density at radius 2 is 2.00 bits per heavy atom. The first-order valence-electron chi connectivity index (χ1n) is 7.96. The van der Waals surface area contributed by atoms with Crippen molar-refractivity contribution in [1.82, 2.24) is 20.3 Å². The van der Waals surface area contributed by atoms with Crippen LogP contribution >= 0.6 is 0 Å². The third kappa shape index (κ3) is 2.56. The maximum absolute atomic E-state index is 12.8. The summed E-state index contributed by atoms with van der Waals surface area (Å²) in [5, 5.41) is 6.67. The zero-order chi connectivity index (χ0) is 16.6. The molecule has 7 nitrogen and oxygen atoms in total. The van der Waals surface area contributed by atoms with E-state index in [-0.39, 0.29) is 18.5 Å². The lowest BCUT2D eigenvalue weighted by atomic mass is 9.99. The van der Waals surface area contributed by atoms with Crippen molar-refractivity contribution >= 4 is 11.9 Å². The van der Waals surface area contributed by atoms with Crippen LogP contribution in [0.3, 0.4) is 0 Å². The molecule has 3 amide bonds. The molecule has 0 aliphatic carbocycles. The van der Waals surface area contributed by atoms with Gasteiger partial charge in [-0.25, -0.2) is 4.79 Å². The normalized spacial score (nSPS) is 24.1. The van der Waals surface area contributed by atoms with E-state index in [1.54, 1.807) is 6.07 Å². The molecule has 2 saturated heterocycles. The average Bonchev–Trinajstić information content (AvgIpc) is 3.28. The number of likely N-dealkylation sites (tertiary alicyclic amines) is 1. The molecule has 1 aromatic carbocycles. The molecule has 1 N–H and O–H groups in total. The first-order valence-corrected chi connectivity index (χ1v) is 7.96. The van der Waals surface area contributed by atoms with Crippen LogP contribution in [-0.2, 0) is 17.9 Å². The van der Waals surface area contributed by atoms with E-state index in [1.807, 2.05) is 18.2 Å². The highest BCUT2D eigenvalue weighted by Gasteiger charge is 2.54. The van der Waals surface area contributed by atoms with E-state index in [0.717, 1.165) is 13.1 Å². The SMILES string of the molecule is O=C1NC2(CCN(Cc3ccccc3)C2)C(=O)N1Cc1ccon1. The average molecular weight is 326 g/mol. The predicted molar refractivity (Wildman–Crippen MR) is 84.7 cm³/mol. The fourth-order valence-electron chi connectivity index (χ4n) is 3.44. The highest BCUT2D eigenvalue weighted by Crippen LogP contribution is 2.30. The Hall–Kier alpha value is -2.67. The molecule has 4 rings (SSSR count). The lowest BCUT2D eigenvalue weighted by Gasteiger charge is -2.22. The summed E-state index contributed by atoms with van der Waals surface area (Å²) in [6.07, 6.45) is 2.06. The molecule has 0 radical (unpaired) electrons. The van der Waals surface area contributed by atoms with Gasteiger partial charge in [-0.1, -0.05) is 35.5 Å². The van der Waals surface area contributed by atoms with Crippen LogP contribution in [0.15, 0.2) is 47.2 Å². The predicted octanol–water partition coefficient (Wildman–Crippen LogP) is 1.37. The minimum Gasteiger partial charge on any atom is -0.364 e. The van der Waals surface area contributed by atoms with E-state index in [4.69, 9.17) is 4.52 Å². The number of benzene rings is 1. The number of hydrogen-bond acceptors (Lipinski definition) is 5. The van der Waals surface area contributed by atoms with E-state index in [2.05, 4.69) is 27.5 Å². The Balaban J connectivity index is 1.46. The third-order valence-electron chi connectivity index (χ3n) is 4.65. The van der Waals surface area contributed by atoms with Gasteiger partial charge in [0.2, 0.25) is 0 Å². The minimum atomic E-state index is -0.810. The minimum absolute atomic E-state index is 0.140. The molecule has 1 spiro atoms. The Morgan fingerprint density at radius 3 is 2.75 bits per heavy atom. The van der Waals surface area contributed by atoms with Crippen LogP contribution < -0.4 is 5.32 Å². The summed E-state index contributed by atoms with van der Waals surface area (Å²) < 4.78 is 4.77. The Morgan fingerprint density at radius 1 is 1.17 bits per heavy atom. The molecule has 2 aliphatic rings. The third-order valence-corrected chi connectivity index (χ3v) is 4.65. The molecule has 24 heavy (non-hydrogen) atoms. The van der Waals surface area contributed by atoms with Crippen molar-refractivity contribution < 1.29 is 14.1 Å². The molecule has 0 bridgehead atoms. The van der Waals surface area contributed by atoms with Crippen molar-refractivity contribution in [2.45, 2.75) is 25.0 Å². The lowest BCUT2D eigenvalue weighted by molar-refractivity contribution is -0.131. The molecule has 2 aromatic rings. The number of imide groups is 1. The van der Waals surface area contributed by atoms with Crippen molar-refractivity contribution in [3.05, 3.63) is 53.9 Å². The van der Waals surface area contributed by atoms with E-state index in [0.29, 0.717) is 18.7 Å². The maximum Gasteiger partial charge on any atom is 0.325 e. The van der Waals surface area contributed by atoms with Gasteiger partial charge in [0.15, 0.2) is 0 Å². The van der Waals surface area contributed by atoms with Crippen molar-refractivity contribution in [2.24, 2.45) is 0 Å². The Kier molecular flexibility index (Phi) is 3.57. The highest BCUT2D eigenvalue weighted by atomic mass is 16.5. The quantitative estimate of drug-likeness (QED) is 0.859. The standard InChI is InChI=1S/C17H18N4O3/c22-15-17(18-16(23)21(15)11-14-6-9-24-19-14)7-8-20(12-17)10-13-4-2-1-3-5-13/h1-6,9H,7-8,10-12H2,(H,18,23). The molecule has 7 heteroatoms. The van der Waals surface area contributed by atoms with Gasteiger partial charge >= 0.3 is 6.03 Å². The van der Waals surface area contributed by atoms with E-state index >= 15 is 0 Å². The van der Waals surface area contributed by atoms with Gasteiger partial charge in [0.25, 0.3) is 5.91 Å². The van der Waals surface area contributed by atoms with Crippen LogP contribution in [0.5, 0.6) is 0 Å². The Bertz CT molecular complexity index is 746. The van der Waals surface area contributed by atoms with E-state index in [9.17, 15) is 9.59 Å². The van der Waals surface area contributed by atoms with Crippen molar-refractivity contribution in [3.63, 3.8) is 0 Å². The Labute approximate surface area is 139 Å². The van der Waals surface area contributed by atoms with Crippen molar-refractivity contribution in [1.29, 1.82) is 0 Å². The summed E-state index contributed by atoms with van der Waals surface area (Å²) in [6.45, 7) is 2.22. The summed E-state index contributed by atoms with van der Waals surface area (Å²) in [7, 11) is 0. The van der Waals surface area contributed by atoms with Crippen LogP contribution in [0.25, 0.3) is 0 Å². The van der Waals surface area contributed by atoms with Gasteiger partial charge in [-0.2, -0.15) is 0 Å². The molecule has 1 atom stereocenters.